The lowest BCUT2D eigenvalue weighted by Gasteiger charge is -2.39. The second-order valence-electron chi connectivity index (χ2n) is 8.87. The van der Waals surface area contributed by atoms with E-state index in [1.54, 1.807) is 0 Å². The first-order valence-corrected chi connectivity index (χ1v) is 10.7. The summed E-state index contributed by atoms with van der Waals surface area (Å²) >= 11 is 0. The number of hydrogen-bond acceptors (Lipinski definition) is 4. The minimum atomic E-state index is 0.211. The van der Waals surface area contributed by atoms with Gasteiger partial charge in [-0.3, -0.25) is 4.90 Å². The molecule has 4 heteroatoms. The normalized spacial score (nSPS) is 25.8. The fourth-order valence-electron chi connectivity index (χ4n) is 4.94. The highest BCUT2D eigenvalue weighted by atomic mass is 16.5. The molecule has 0 spiro atoms. The number of nitrogens with zero attached hydrogens (tertiary/aromatic N) is 2. The summed E-state index contributed by atoms with van der Waals surface area (Å²) in [4.78, 5) is 4.93. The number of ether oxygens (including phenoxy) is 2. The molecule has 0 unspecified atom stereocenters. The molecule has 3 rings (SSSR count). The summed E-state index contributed by atoms with van der Waals surface area (Å²) in [6, 6.07) is 10.3. The summed E-state index contributed by atoms with van der Waals surface area (Å²) in [5.74, 6) is 0.994. The second-order valence-corrected chi connectivity index (χ2v) is 8.87. The van der Waals surface area contributed by atoms with Gasteiger partial charge in [-0.2, -0.15) is 0 Å². The maximum atomic E-state index is 6.03. The fraction of sp³-hybridized carbons (Fsp3) is 0.739. The summed E-state index contributed by atoms with van der Waals surface area (Å²) in [5.41, 5.74) is 1.63. The Morgan fingerprint density at radius 2 is 1.70 bits per heavy atom. The molecule has 0 amide bonds. The first-order valence-electron chi connectivity index (χ1n) is 10.7. The van der Waals surface area contributed by atoms with E-state index in [0.29, 0.717) is 0 Å². The lowest BCUT2D eigenvalue weighted by atomic mass is 9.74. The van der Waals surface area contributed by atoms with Crippen molar-refractivity contribution in [1.82, 2.24) is 9.80 Å². The molecule has 27 heavy (non-hydrogen) atoms. The average Bonchev–Trinajstić information content (AvgIpc) is 2.97. The van der Waals surface area contributed by atoms with Crippen molar-refractivity contribution in [3.05, 3.63) is 29.8 Å². The van der Waals surface area contributed by atoms with Crippen LogP contribution in [-0.4, -0.2) is 68.9 Å². The standard InChI is InChI=1S/C23H38N2O2/c1-19-6-7-20(2)25(19)14-5-15-27-22-10-8-21(9-11-22)23(18-24(3)4)12-16-26-17-13-23/h8-11,19-20H,5-7,12-18H2,1-4H3/t19-,20-/m1/s1. The van der Waals surface area contributed by atoms with Crippen molar-refractivity contribution in [2.75, 3.05) is 47.0 Å². The number of hydrogen-bond donors (Lipinski definition) is 0. The molecule has 152 valence electrons. The fourth-order valence-corrected chi connectivity index (χ4v) is 4.94. The summed E-state index contributed by atoms with van der Waals surface area (Å²) in [5, 5.41) is 0. The van der Waals surface area contributed by atoms with Crippen LogP contribution in [0.2, 0.25) is 0 Å². The van der Waals surface area contributed by atoms with Gasteiger partial charge in [-0.25, -0.2) is 0 Å². The monoisotopic (exact) mass is 374 g/mol. The lowest BCUT2D eigenvalue weighted by molar-refractivity contribution is 0.0401. The van der Waals surface area contributed by atoms with Crippen LogP contribution in [0.4, 0.5) is 0 Å². The van der Waals surface area contributed by atoms with E-state index in [9.17, 15) is 0 Å². The van der Waals surface area contributed by atoms with E-state index in [0.717, 1.165) is 70.0 Å². The van der Waals surface area contributed by atoms with Gasteiger partial charge in [0.15, 0.2) is 0 Å². The van der Waals surface area contributed by atoms with Gasteiger partial charge in [0.25, 0.3) is 0 Å². The Kier molecular flexibility index (Phi) is 7.18. The molecular weight excluding hydrogens is 336 g/mol. The number of benzene rings is 1. The first kappa shape index (κ1) is 20.6. The molecular formula is C23H38N2O2. The van der Waals surface area contributed by atoms with Crippen molar-refractivity contribution in [3.8, 4) is 5.75 Å². The van der Waals surface area contributed by atoms with Gasteiger partial charge in [-0.15, -0.1) is 0 Å². The van der Waals surface area contributed by atoms with Crippen molar-refractivity contribution in [3.63, 3.8) is 0 Å². The number of likely N-dealkylation sites (N-methyl/N-ethyl adjacent to an activating group) is 1. The van der Waals surface area contributed by atoms with Crippen LogP contribution in [0.15, 0.2) is 24.3 Å². The van der Waals surface area contributed by atoms with Gasteiger partial charge < -0.3 is 14.4 Å². The van der Waals surface area contributed by atoms with E-state index in [2.05, 4.69) is 62.0 Å². The van der Waals surface area contributed by atoms with Gasteiger partial charge in [0.1, 0.15) is 5.75 Å². The molecule has 2 atom stereocenters. The Balaban J connectivity index is 1.52. The van der Waals surface area contributed by atoms with Crippen LogP contribution in [0, 0.1) is 0 Å². The molecule has 1 aromatic rings. The third kappa shape index (κ3) is 5.24. The van der Waals surface area contributed by atoms with Crippen molar-refractivity contribution in [1.29, 1.82) is 0 Å². The molecule has 2 fully saturated rings. The predicted octanol–water partition coefficient (Wildman–Crippen LogP) is 3.94. The zero-order valence-electron chi connectivity index (χ0n) is 17.7. The van der Waals surface area contributed by atoms with Crippen LogP contribution in [0.3, 0.4) is 0 Å². The molecule has 0 bridgehead atoms. The molecule has 0 N–H and O–H groups in total. The van der Waals surface area contributed by atoms with E-state index in [4.69, 9.17) is 9.47 Å². The molecule has 2 aliphatic rings. The van der Waals surface area contributed by atoms with Crippen LogP contribution < -0.4 is 4.74 Å². The van der Waals surface area contributed by atoms with Crippen LogP contribution in [0.5, 0.6) is 5.75 Å². The first-order chi connectivity index (χ1) is 13.0. The summed E-state index contributed by atoms with van der Waals surface area (Å²) in [6.45, 7) is 9.44. The highest BCUT2D eigenvalue weighted by Crippen LogP contribution is 2.36. The summed E-state index contributed by atoms with van der Waals surface area (Å²) < 4.78 is 11.7. The third-order valence-electron chi connectivity index (χ3n) is 6.50. The average molecular weight is 375 g/mol. The summed E-state index contributed by atoms with van der Waals surface area (Å²) in [7, 11) is 4.33. The molecule has 2 aliphatic heterocycles. The SMILES string of the molecule is C[C@@H]1CC[C@@H](C)N1CCCOc1ccc(C2(CN(C)C)CCOCC2)cc1. The Hall–Kier alpha value is -1.10. The minimum absolute atomic E-state index is 0.211. The van der Waals surface area contributed by atoms with Crippen LogP contribution in [0.1, 0.15) is 51.5 Å². The molecule has 0 aliphatic carbocycles. The quantitative estimate of drug-likeness (QED) is 0.644. The van der Waals surface area contributed by atoms with Gasteiger partial charge in [-0.05, 0) is 77.7 Å². The molecule has 2 heterocycles. The van der Waals surface area contributed by atoms with Crippen molar-refractivity contribution >= 4 is 0 Å². The van der Waals surface area contributed by atoms with Gasteiger partial charge in [-0.1, -0.05) is 12.1 Å². The molecule has 2 saturated heterocycles. The summed E-state index contributed by atoms with van der Waals surface area (Å²) in [6.07, 6.45) is 5.96. The second kappa shape index (κ2) is 9.40. The van der Waals surface area contributed by atoms with Crippen molar-refractivity contribution in [2.24, 2.45) is 0 Å². The Morgan fingerprint density at radius 3 is 2.30 bits per heavy atom. The Morgan fingerprint density at radius 1 is 1.07 bits per heavy atom. The van der Waals surface area contributed by atoms with Crippen LogP contribution in [0.25, 0.3) is 0 Å². The predicted molar refractivity (Wildman–Crippen MR) is 112 cm³/mol. The Labute approximate surface area is 165 Å². The van der Waals surface area contributed by atoms with E-state index < -0.39 is 0 Å². The van der Waals surface area contributed by atoms with Gasteiger partial charge in [0, 0.05) is 43.8 Å². The zero-order chi connectivity index (χ0) is 19.3. The van der Waals surface area contributed by atoms with E-state index in [1.807, 2.05) is 0 Å². The maximum absolute atomic E-state index is 6.03. The molecule has 0 saturated carbocycles. The van der Waals surface area contributed by atoms with Crippen LogP contribution in [-0.2, 0) is 10.2 Å². The lowest BCUT2D eigenvalue weighted by Crippen LogP contribution is -2.42. The molecule has 1 aromatic carbocycles. The van der Waals surface area contributed by atoms with E-state index in [-0.39, 0.29) is 5.41 Å². The Bertz CT molecular complexity index is 556. The van der Waals surface area contributed by atoms with Crippen molar-refractivity contribution in [2.45, 2.75) is 63.5 Å². The minimum Gasteiger partial charge on any atom is -0.494 e. The maximum Gasteiger partial charge on any atom is 0.119 e. The van der Waals surface area contributed by atoms with Crippen LogP contribution >= 0.6 is 0 Å². The highest BCUT2D eigenvalue weighted by Gasteiger charge is 2.35. The van der Waals surface area contributed by atoms with Crippen molar-refractivity contribution < 1.29 is 9.47 Å². The van der Waals surface area contributed by atoms with Gasteiger partial charge >= 0.3 is 0 Å². The van der Waals surface area contributed by atoms with Gasteiger partial charge in [0.2, 0.25) is 0 Å². The number of likely N-dealkylation sites (tertiary alicyclic amines) is 1. The van der Waals surface area contributed by atoms with Gasteiger partial charge in [0.05, 0.1) is 6.61 Å². The molecule has 0 aromatic heterocycles. The highest BCUT2D eigenvalue weighted by molar-refractivity contribution is 5.33. The largest absolute Gasteiger partial charge is 0.494 e. The number of rotatable bonds is 8. The smallest absolute Gasteiger partial charge is 0.119 e. The third-order valence-corrected chi connectivity index (χ3v) is 6.50. The van der Waals surface area contributed by atoms with E-state index in [1.165, 1.54) is 18.4 Å². The molecule has 4 nitrogen and oxygen atoms in total. The van der Waals surface area contributed by atoms with E-state index >= 15 is 0 Å². The topological polar surface area (TPSA) is 24.9 Å². The zero-order valence-corrected chi connectivity index (χ0v) is 17.7. The molecule has 0 radical (unpaired) electrons.